The lowest BCUT2D eigenvalue weighted by Crippen LogP contribution is -2.52. The Morgan fingerprint density at radius 3 is 2.29 bits per heavy atom. The van der Waals surface area contributed by atoms with E-state index in [-0.39, 0.29) is 28.6 Å². The Morgan fingerprint density at radius 1 is 0.885 bits per heavy atom. The number of aliphatic hydroxyl groups excluding tert-OH is 1. The van der Waals surface area contributed by atoms with E-state index >= 15 is 0 Å². The number of fused-ring (bicyclic) bond motifs is 8. The minimum Gasteiger partial charge on any atom is -0.440 e. The van der Waals surface area contributed by atoms with Gasteiger partial charge in [0.2, 0.25) is 0 Å². The molecule has 4 unspecified atom stereocenters. The third kappa shape index (κ3) is 5.96. The largest absolute Gasteiger partial charge is 0.440 e. The van der Waals surface area contributed by atoms with E-state index in [2.05, 4.69) is 55.2 Å². The standard InChI is InChI=1S/C47H55NO4/c1-31-7-6-19-45(2)42(18-20-47(45)30-48(44(51)52-47)29-46-26-33-21-34(27-46)23-35(22-33)28-46)40-17-11-32(24-39(49)16-10-31)25-41(40)43(50)38-14-12-37(13-15-38)36-8-4-3-5-9-36/h3-5,7-9,11-15,17,25,33-35,39,42,49H,6,10,16,18-24,26-30H2,1-2H3. The second-order valence-corrected chi connectivity index (χ2v) is 18.3. The van der Waals surface area contributed by atoms with Crippen molar-refractivity contribution < 1.29 is 19.4 Å². The van der Waals surface area contributed by atoms with Crippen molar-refractivity contribution in [2.45, 2.75) is 115 Å². The second kappa shape index (κ2) is 13.0. The number of hydrogen-bond acceptors (Lipinski definition) is 4. The van der Waals surface area contributed by atoms with E-state index < -0.39 is 11.7 Å². The molecule has 0 radical (unpaired) electrons. The first kappa shape index (κ1) is 34.1. The van der Waals surface area contributed by atoms with Crippen molar-refractivity contribution >= 4 is 11.9 Å². The van der Waals surface area contributed by atoms with E-state index in [1.807, 2.05) is 42.5 Å². The van der Waals surface area contributed by atoms with Crippen LogP contribution in [0.2, 0.25) is 0 Å². The summed E-state index contributed by atoms with van der Waals surface area (Å²) in [5, 5.41) is 11.0. The highest BCUT2D eigenvalue weighted by molar-refractivity contribution is 6.10. The van der Waals surface area contributed by atoms with Crippen LogP contribution in [-0.2, 0) is 11.2 Å². The first-order chi connectivity index (χ1) is 25.1. The van der Waals surface area contributed by atoms with Crippen LogP contribution >= 0.6 is 0 Å². The number of amides is 1. The monoisotopic (exact) mass is 697 g/mol. The van der Waals surface area contributed by atoms with Crippen LogP contribution in [0.1, 0.15) is 124 Å². The Hall–Kier alpha value is -3.70. The molecule has 52 heavy (non-hydrogen) atoms. The molecule has 11 rings (SSSR count). The molecule has 6 fully saturated rings. The molecule has 6 bridgehead atoms. The summed E-state index contributed by atoms with van der Waals surface area (Å²) in [5.74, 6) is 2.60. The van der Waals surface area contributed by atoms with Gasteiger partial charge >= 0.3 is 6.09 Å². The van der Waals surface area contributed by atoms with Gasteiger partial charge in [-0.05, 0) is 148 Å². The van der Waals surface area contributed by atoms with Crippen molar-refractivity contribution in [2.75, 3.05) is 13.1 Å². The highest BCUT2D eigenvalue weighted by Crippen LogP contribution is 2.64. The zero-order chi connectivity index (χ0) is 35.7. The van der Waals surface area contributed by atoms with Crippen LogP contribution in [0.3, 0.4) is 0 Å². The minimum atomic E-state index is -0.595. The van der Waals surface area contributed by atoms with Crippen molar-refractivity contribution in [1.29, 1.82) is 0 Å². The zero-order valence-corrected chi connectivity index (χ0v) is 31.1. The van der Waals surface area contributed by atoms with Gasteiger partial charge in [-0.2, -0.15) is 0 Å². The number of rotatable bonds is 5. The predicted molar refractivity (Wildman–Crippen MR) is 205 cm³/mol. The molecule has 5 heteroatoms. The number of carbonyl (C=O) groups excluding carboxylic acids is 2. The van der Waals surface area contributed by atoms with Gasteiger partial charge in [0.1, 0.15) is 5.60 Å². The van der Waals surface area contributed by atoms with Gasteiger partial charge < -0.3 is 14.7 Å². The number of benzene rings is 3. The molecule has 1 saturated heterocycles. The van der Waals surface area contributed by atoms with Gasteiger partial charge in [-0.3, -0.25) is 4.79 Å². The van der Waals surface area contributed by atoms with Crippen molar-refractivity contribution in [3.8, 4) is 11.1 Å². The second-order valence-electron chi connectivity index (χ2n) is 18.3. The number of carbonyl (C=O) groups is 2. The van der Waals surface area contributed by atoms with Gasteiger partial charge in [0.05, 0.1) is 12.6 Å². The third-order valence-electron chi connectivity index (χ3n) is 14.8. The van der Waals surface area contributed by atoms with E-state index in [1.54, 1.807) is 0 Å². The Labute approximate surface area is 309 Å². The molecule has 5 saturated carbocycles. The lowest BCUT2D eigenvalue weighted by atomic mass is 9.49. The molecule has 1 amide bonds. The summed E-state index contributed by atoms with van der Waals surface area (Å²) >= 11 is 0. The van der Waals surface area contributed by atoms with E-state index in [9.17, 15) is 14.7 Å². The predicted octanol–water partition coefficient (Wildman–Crippen LogP) is 10.3. The summed E-state index contributed by atoms with van der Waals surface area (Å²) < 4.78 is 6.75. The summed E-state index contributed by atoms with van der Waals surface area (Å²) in [7, 11) is 0. The van der Waals surface area contributed by atoms with E-state index in [0.717, 1.165) is 84.2 Å². The summed E-state index contributed by atoms with van der Waals surface area (Å²) in [5.41, 5.74) is 6.26. The number of ketones is 1. The van der Waals surface area contributed by atoms with E-state index in [0.29, 0.717) is 24.9 Å². The number of aliphatic hydroxyl groups is 1. The molecule has 4 atom stereocenters. The zero-order valence-electron chi connectivity index (χ0n) is 31.1. The summed E-state index contributed by atoms with van der Waals surface area (Å²) in [4.78, 5) is 30.8. The Morgan fingerprint density at radius 2 is 1.58 bits per heavy atom. The van der Waals surface area contributed by atoms with Gasteiger partial charge in [0.15, 0.2) is 5.78 Å². The van der Waals surface area contributed by atoms with Gasteiger partial charge in [-0.25, -0.2) is 4.79 Å². The summed E-state index contributed by atoms with van der Waals surface area (Å²) in [6.07, 6.45) is 15.3. The van der Waals surface area contributed by atoms with Crippen LogP contribution in [0, 0.1) is 28.6 Å². The maximum atomic E-state index is 14.7. The number of allylic oxidation sites excluding steroid dienone is 2. The third-order valence-corrected chi connectivity index (χ3v) is 14.8. The maximum absolute atomic E-state index is 14.7. The van der Waals surface area contributed by atoms with Crippen molar-refractivity contribution in [2.24, 2.45) is 28.6 Å². The topological polar surface area (TPSA) is 66.8 Å². The summed E-state index contributed by atoms with van der Waals surface area (Å²) in [6, 6.07) is 24.6. The molecule has 5 nitrogen and oxygen atoms in total. The maximum Gasteiger partial charge on any atom is 0.410 e. The van der Waals surface area contributed by atoms with Crippen LogP contribution in [0.5, 0.6) is 0 Å². The lowest BCUT2D eigenvalue weighted by Gasteiger charge is -2.57. The van der Waals surface area contributed by atoms with Crippen molar-refractivity contribution in [3.05, 3.63) is 107 Å². The summed E-state index contributed by atoms with van der Waals surface area (Å²) in [6.45, 7) is 6.04. The van der Waals surface area contributed by atoms with Crippen LogP contribution in [0.15, 0.2) is 84.4 Å². The molecule has 1 N–H and O–H groups in total. The molecular formula is C47H55NO4. The average molecular weight is 698 g/mol. The van der Waals surface area contributed by atoms with E-state index in [4.69, 9.17) is 4.74 Å². The molecule has 8 aliphatic rings. The highest BCUT2D eigenvalue weighted by atomic mass is 16.6. The molecular weight excluding hydrogens is 643 g/mol. The van der Waals surface area contributed by atoms with Crippen molar-refractivity contribution in [3.63, 3.8) is 0 Å². The molecule has 272 valence electrons. The first-order valence-electron chi connectivity index (χ1n) is 20.3. The smallest absolute Gasteiger partial charge is 0.410 e. The molecule has 7 aliphatic carbocycles. The van der Waals surface area contributed by atoms with Gasteiger partial charge in [-0.1, -0.05) is 85.3 Å². The molecule has 1 spiro atoms. The first-order valence-corrected chi connectivity index (χ1v) is 20.3. The molecule has 3 aromatic carbocycles. The van der Waals surface area contributed by atoms with Crippen molar-refractivity contribution in [1.82, 2.24) is 4.90 Å². The number of hydrogen-bond donors (Lipinski definition) is 1. The minimum absolute atomic E-state index is 0.0175. The fourth-order valence-electron chi connectivity index (χ4n) is 12.6. The Kier molecular flexibility index (Phi) is 8.53. The Bertz CT molecular complexity index is 1840. The van der Waals surface area contributed by atoms with Gasteiger partial charge in [0.25, 0.3) is 0 Å². The normalized spacial score (nSPS) is 35.4. The van der Waals surface area contributed by atoms with Gasteiger partial charge in [-0.15, -0.1) is 0 Å². The van der Waals surface area contributed by atoms with Crippen LogP contribution in [0.4, 0.5) is 4.79 Å². The SMILES string of the molecule is CC1=CCCC2(C)C(CCC23CN(CC24CC5CC(CC(C5)C2)C4)C(=O)O3)c2ccc(cc2C(=O)c2ccc(-c3ccccc3)cc2)CC(O)CC1. The number of ether oxygens (including phenoxy) is 1. The molecule has 3 aromatic rings. The van der Waals surface area contributed by atoms with Crippen LogP contribution in [-0.4, -0.2) is 46.7 Å². The quantitative estimate of drug-likeness (QED) is 0.213. The Balaban J connectivity index is 1.07. The van der Waals surface area contributed by atoms with Gasteiger partial charge in [0, 0.05) is 23.1 Å². The fourth-order valence-corrected chi connectivity index (χ4v) is 12.6. The molecule has 1 heterocycles. The molecule has 0 aromatic heterocycles. The average Bonchev–Trinajstić information content (AvgIpc) is 3.59. The fraction of sp³-hybridized carbons (Fsp3) is 0.532. The highest BCUT2D eigenvalue weighted by Gasteiger charge is 2.65. The van der Waals surface area contributed by atoms with Crippen LogP contribution < -0.4 is 0 Å². The molecule has 1 aliphatic heterocycles. The number of nitrogens with zero attached hydrogens (tertiary/aromatic N) is 1. The van der Waals surface area contributed by atoms with Crippen LogP contribution in [0.25, 0.3) is 11.1 Å². The lowest BCUT2D eigenvalue weighted by molar-refractivity contribution is -0.0641. The van der Waals surface area contributed by atoms with E-state index in [1.165, 1.54) is 44.1 Å².